The van der Waals surface area contributed by atoms with Crippen LogP contribution in [0.5, 0.6) is 0 Å². The lowest BCUT2D eigenvalue weighted by atomic mass is 11.9. The second-order valence-electron chi connectivity index (χ2n) is 0.253. The molecule has 0 fully saturated rings. The van der Waals surface area contributed by atoms with Crippen LogP contribution >= 0.6 is 8.25 Å². The molecule has 5 nitrogen and oxygen atoms in total. The number of carbonyl (C=O) groups excluding carboxylic acids is 1. The molecule has 0 amide bonds. The van der Waals surface area contributed by atoms with Gasteiger partial charge < -0.3 is 10.3 Å². The van der Waals surface area contributed by atoms with Gasteiger partial charge in [0.05, 0.1) is 0 Å². The van der Waals surface area contributed by atoms with Crippen LogP contribution in [0, 0.1) is 0 Å². The lowest BCUT2D eigenvalue weighted by Gasteiger charge is -1.34. The van der Waals surface area contributed by atoms with E-state index in [0.29, 0.717) is 0 Å². The molecule has 0 rings (SSSR count). The molecule has 0 unspecified atom stereocenters. The van der Waals surface area contributed by atoms with Crippen molar-refractivity contribution in [1.29, 1.82) is 0 Å². The maximum absolute atomic E-state index is 8.70. The second-order valence-corrected chi connectivity index (χ2v) is 0.758. The van der Waals surface area contributed by atoms with Crippen LogP contribution in [0.4, 0.5) is 0 Å². The van der Waals surface area contributed by atoms with E-state index < -0.39 is 8.25 Å². The highest BCUT2D eigenvalue weighted by Gasteiger charge is 1.93. The van der Waals surface area contributed by atoms with Gasteiger partial charge in [-0.15, -0.1) is 9.79 Å². The molecule has 0 aromatic carbocycles. The quantitative estimate of drug-likeness (QED) is 0.393. The first kappa shape index (κ1) is 15.9. The van der Waals surface area contributed by atoms with Crippen molar-refractivity contribution in [3.8, 4) is 0 Å². The van der Waals surface area contributed by atoms with E-state index in [2.05, 4.69) is 0 Å². The van der Waals surface area contributed by atoms with E-state index >= 15 is 0 Å². The highest BCUT2D eigenvalue weighted by atomic mass is 31.1. The van der Waals surface area contributed by atoms with Gasteiger partial charge >= 0.3 is 8.25 Å². The Morgan fingerprint density at radius 3 is 1.29 bits per heavy atom. The fraction of sp³-hybridized carbons (Fsp3) is 0. The van der Waals surface area contributed by atoms with Crippen LogP contribution in [0.3, 0.4) is 0 Å². The third-order valence-corrected chi connectivity index (χ3v) is 0. The monoisotopic (exact) mass is 129 g/mol. The zero-order valence-electron chi connectivity index (χ0n) is 3.37. The van der Waals surface area contributed by atoms with Gasteiger partial charge in [0.25, 0.3) is 0 Å². The number of rotatable bonds is 0. The van der Waals surface area contributed by atoms with Crippen LogP contribution in [0.25, 0.3) is 0 Å². The summed E-state index contributed by atoms with van der Waals surface area (Å²) in [5.74, 6) is 0. The highest BCUT2D eigenvalue weighted by Crippen LogP contribution is 1.98. The fourth-order valence-electron chi connectivity index (χ4n) is 0. The van der Waals surface area contributed by atoms with Gasteiger partial charge in [-0.1, -0.05) is 0 Å². The Balaban J connectivity index is -0.0000000480. The smallest absolute Gasteiger partial charge is 0.412 e. The van der Waals surface area contributed by atoms with Gasteiger partial charge in [0.1, 0.15) is 6.79 Å². The van der Waals surface area contributed by atoms with E-state index in [0.717, 1.165) is 0 Å². The highest BCUT2D eigenvalue weighted by molar-refractivity contribution is 7.30. The summed E-state index contributed by atoms with van der Waals surface area (Å²) in [6.07, 6.45) is 0. The molecule has 0 saturated heterocycles. The molecule has 6 heteroatoms. The van der Waals surface area contributed by atoms with Gasteiger partial charge in [-0.2, -0.15) is 0 Å². The van der Waals surface area contributed by atoms with E-state index in [1.54, 1.807) is 0 Å². The summed E-state index contributed by atoms with van der Waals surface area (Å²) in [5.41, 5.74) is 0. The van der Waals surface area contributed by atoms with Gasteiger partial charge in [0, 0.05) is 4.57 Å². The molecule has 4 N–H and O–H groups in total. The Morgan fingerprint density at radius 1 is 1.29 bits per heavy atom. The molecule has 0 aromatic rings. The topological polar surface area (TPSA) is 106 Å². The molecule has 0 saturated carbocycles. The Morgan fingerprint density at radius 2 is 1.29 bits per heavy atom. The van der Waals surface area contributed by atoms with Gasteiger partial charge in [-0.3, -0.25) is 0 Å². The molecule has 0 radical (unpaired) electrons. The maximum atomic E-state index is 8.70. The van der Waals surface area contributed by atoms with E-state index in [-0.39, 0.29) is 5.48 Å². The molecular formula is CH6O5P+. The van der Waals surface area contributed by atoms with Crippen molar-refractivity contribution in [2.45, 2.75) is 0 Å². The summed E-state index contributed by atoms with van der Waals surface area (Å²) in [7, 11) is -2.87. The van der Waals surface area contributed by atoms with Crippen molar-refractivity contribution >= 4 is 15.0 Å². The molecule has 0 bridgehead atoms. The number of carbonyl (C=O) groups is 1. The van der Waals surface area contributed by atoms with E-state index in [9.17, 15) is 0 Å². The van der Waals surface area contributed by atoms with Crippen molar-refractivity contribution in [3.05, 3.63) is 0 Å². The first-order valence-electron chi connectivity index (χ1n) is 0.871. The summed E-state index contributed by atoms with van der Waals surface area (Å²) in [4.78, 5) is 22.2. The normalized spacial score (nSPS) is 4.29. The molecule has 0 atom stereocenters. The Labute approximate surface area is 40.9 Å². The summed E-state index contributed by atoms with van der Waals surface area (Å²) < 4.78 is 8.70. The zero-order chi connectivity index (χ0) is 5.58. The van der Waals surface area contributed by atoms with E-state index in [1.165, 1.54) is 0 Å². The van der Waals surface area contributed by atoms with Crippen LogP contribution in [-0.2, 0) is 9.36 Å². The minimum absolute atomic E-state index is 0. The minimum atomic E-state index is -2.87. The summed E-state index contributed by atoms with van der Waals surface area (Å²) in [6, 6.07) is 0. The molecule has 0 aliphatic heterocycles. The van der Waals surface area contributed by atoms with Gasteiger partial charge in [0.15, 0.2) is 0 Å². The van der Waals surface area contributed by atoms with Crippen molar-refractivity contribution < 1.29 is 24.6 Å². The predicted molar refractivity (Wildman–Crippen MR) is 22.8 cm³/mol. The third-order valence-electron chi connectivity index (χ3n) is 0. The van der Waals surface area contributed by atoms with Crippen LogP contribution in [0.15, 0.2) is 0 Å². The fourth-order valence-corrected chi connectivity index (χ4v) is 0. The van der Waals surface area contributed by atoms with Crippen molar-refractivity contribution in [2.24, 2.45) is 0 Å². The van der Waals surface area contributed by atoms with E-state index in [1.807, 2.05) is 6.79 Å². The van der Waals surface area contributed by atoms with Crippen molar-refractivity contribution in [3.63, 3.8) is 0 Å². The standard InChI is InChI=1S/CH2O.HO3P.H2O/c1-2;1-4(2)3;/h1H2;(H-,1,2,3);1H2/p+1. The van der Waals surface area contributed by atoms with Crippen LogP contribution in [0.2, 0.25) is 0 Å². The van der Waals surface area contributed by atoms with Crippen molar-refractivity contribution in [1.82, 2.24) is 0 Å². The van der Waals surface area contributed by atoms with Crippen LogP contribution in [0.1, 0.15) is 0 Å². The molecule has 44 valence electrons. The number of hydrogen-bond donors (Lipinski definition) is 2. The zero-order valence-corrected chi connectivity index (χ0v) is 4.26. The first-order valence-corrected chi connectivity index (χ1v) is 2.04. The van der Waals surface area contributed by atoms with Gasteiger partial charge in [-0.25, -0.2) is 0 Å². The van der Waals surface area contributed by atoms with Crippen molar-refractivity contribution in [2.75, 3.05) is 0 Å². The van der Waals surface area contributed by atoms with Gasteiger partial charge in [-0.05, 0) is 0 Å². The Kier molecular flexibility index (Phi) is 39.6. The molecule has 0 aliphatic carbocycles. The minimum Gasteiger partial charge on any atom is -0.412 e. The Hall–Kier alpha value is -0.350. The third kappa shape index (κ3) is 614. The Bertz CT molecular complexity index is 39.3. The lowest BCUT2D eigenvalue weighted by Crippen LogP contribution is -1.38. The molecular weight excluding hydrogens is 123 g/mol. The molecule has 0 spiro atoms. The molecule has 0 aliphatic rings. The van der Waals surface area contributed by atoms with Crippen LogP contribution in [-0.4, -0.2) is 22.1 Å². The SMILES string of the molecule is C=O.O.O=[P+](O)O. The lowest BCUT2D eigenvalue weighted by molar-refractivity contribution is -0.0979. The first-order chi connectivity index (χ1) is 2.73. The average molecular weight is 129 g/mol. The largest absolute Gasteiger partial charge is 0.692 e. The molecule has 7 heavy (non-hydrogen) atoms. The number of hydrogen-bond acceptors (Lipinski definition) is 2. The van der Waals surface area contributed by atoms with Gasteiger partial charge in [0.2, 0.25) is 0 Å². The average Bonchev–Trinajstić information content (AvgIpc) is 1.41. The summed E-state index contributed by atoms with van der Waals surface area (Å²) >= 11 is 0. The maximum Gasteiger partial charge on any atom is 0.692 e. The van der Waals surface area contributed by atoms with Crippen LogP contribution < -0.4 is 0 Å². The molecule has 0 heterocycles. The van der Waals surface area contributed by atoms with E-state index in [4.69, 9.17) is 19.1 Å². The molecule has 0 aromatic heterocycles. The summed E-state index contributed by atoms with van der Waals surface area (Å²) in [6.45, 7) is 2.00. The predicted octanol–water partition coefficient (Wildman–Crippen LogP) is -1.38. The second kappa shape index (κ2) is 17.4. The summed E-state index contributed by atoms with van der Waals surface area (Å²) in [5, 5.41) is 0.